The van der Waals surface area contributed by atoms with Gasteiger partial charge in [-0.25, -0.2) is 9.36 Å². The molecule has 0 amide bonds. The van der Waals surface area contributed by atoms with E-state index in [9.17, 15) is 0 Å². The van der Waals surface area contributed by atoms with E-state index in [1.807, 2.05) is 119 Å². The van der Waals surface area contributed by atoms with Gasteiger partial charge in [0, 0.05) is 47.1 Å². The van der Waals surface area contributed by atoms with Crippen molar-refractivity contribution < 1.29 is 0 Å². The maximum absolute atomic E-state index is 4.99. The van der Waals surface area contributed by atoms with Crippen molar-refractivity contribution in [3.8, 4) is 33.9 Å². The smallest absolute Gasteiger partial charge is 0.101 e. The molecule has 2 aromatic heterocycles. The fourth-order valence-corrected chi connectivity index (χ4v) is 5.17. The Morgan fingerprint density at radius 1 is 0.457 bits per heavy atom. The van der Waals surface area contributed by atoms with Gasteiger partial charge in [-0.3, -0.25) is 9.98 Å². The van der Waals surface area contributed by atoms with Gasteiger partial charge >= 0.3 is 0 Å². The predicted molar refractivity (Wildman–Crippen MR) is 188 cm³/mol. The zero-order valence-electron chi connectivity index (χ0n) is 25.7. The van der Waals surface area contributed by atoms with E-state index in [-0.39, 0.29) is 0 Å². The second-order valence-corrected chi connectivity index (χ2v) is 11.2. The van der Waals surface area contributed by atoms with E-state index in [2.05, 4.69) is 62.4 Å². The van der Waals surface area contributed by atoms with Crippen molar-refractivity contribution in [3.63, 3.8) is 0 Å². The van der Waals surface area contributed by atoms with E-state index in [1.54, 1.807) is 0 Å². The molecule has 6 heteroatoms. The van der Waals surface area contributed by atoms with Crippen LogP contribution >= 0.6 is 0 Å². The third-order valence-corrected chi connectivity index (χ3v) is 7.73. The van der Waals surface area contributed by atoms with Crippen molar-refractivity contribution in [3.05, 3.63) is 168 Å². The summed E-state index contributed by atoms with van der Waals surface area (Å²) in [6.45, 7) is 4.15. The molecule has 222 valence electrons. The van der Waals surface area contributed by atoms with Gasteiger partial charge in [0.15, 0.2) is 0 Å². The van der Waals surface area contributed by atoms with Crippen LogP contribution in [0.4, 0.5) is 11.4 Å². The molecule has 0 radical (unpaired) electrons. The van der Waals surface area contributed by atoms with Crippen LogP contribution in [0.3, 0.4) is 0 Å². The van der Waals surface area contributed by atoms with Gasteiger partial charge in [0.25, 0.3) is 0 Å². The summed E-state index contributed by atoms with van der Waals surface area (Å²) >= 11 is 0. The first-order valence-corrected chi connectivity index (χ1v) is 15.2. The molecule has 7 aromatic rings. The van der Waals surface area contributed by atoms with E-state index >= 15 is 0 Å². The first kappa shape index (κ1) is 28.6. The highest BCUT2D eigenvalue weighted by Gasteiger charge is 2.15. The van der Waals surface area contributed by atoms with Crippen LogP contribution in [0.1, 0.15) is 22.3 Å². The zero-order chi connectivity index (χ0) is 31.3. The molecule has 5 aromatic carbocycles. The molecule has 0 aliphatic rings. The highest BCUT2D eigenvalue weighted by atomic mass is 15.3. The number of hydrogen-bond donors (Lipinski definition) is 0. The van der Waals surface area contributed by atoms with Gasteiger partial charge in [-0.15, -0.1) is 0 Å². The van der Waals surface area contributed by atoms with Crippen molar-refractivity contribution in [2.24, 2.45) is 9.98 Å². The Bertz CT molecular complexity index is 1960. The molecule has 2 heterocycles. The molecule has 0 bridgehead atoms. The summed E-state index contributed by atoms with van der Waals surface area (Å²) in [6.07, 6.45) is 7.83. The Kier molecular flexibility index (Phi) is 7.99. The van der Waals surface area contributed by atoms with E-state index in [4.69, 9.17) is 20.2 Å². The number of aliphatic imine (C=N–C) groups is 2. The van der Waals surface area contributed by atoms with Gasteiger partial charge in [0.1, 0.15) is 11.4 Å². The average molecular weight is 597 g/mol. The molecule has 0 aliphatic heterocycles. The van der Waals surface area contributed by atoms with E-state index in [1.165, 1.54) is 11.1 Å². The summed E-state index contributed by atoms with van der Waals surface area (Å²) < 4.78 is 3.81. The number of para-hydroxylation sites is 2. The quantitative estimate of drug-likeness (QED) is 0.164. The summed E-state index contributed by atoms with van der Waals surface area (Å²) in [5.41, 5.74) is 11.7. The molecule has 0 unspecified atom stereocenters. The molecule has 6 nitrogen and oxygen atoms in total. The van der Waals surface area contributed by atoms with Gasteiger partial charge in [-0.05, 0) is 62.4 Å². The molecular formula is C40H32N6. The predicted octanol–water partition coefficient (Wildman–Crippen LogP) is 9.51. The minimum atomic E-state index is 0.849. The van der Waals surface area contributed by atoms with Gasteiger partial charge in [0.2, 0.25) is 0 Å². The average Bonchev–Trinajstić information content (AvgIpc) is 3.74. The molecular weight excluding hydrogens is 564 g/mol. The maximum atomic E-state index is 4.99. The van der Waals surface area contributed by atoms with Crippen LogP contribution in [-0.2, 0) is 0 Å². The highest BCUT2D eigenvalue weighted by Crippen LogP contribution is 2.29. The van der Waals surface area contributed by atoms with Crippen LogP contribution in [0.25, 0.3) is 33.9 Å². The van der Waals surface area contributed by atoms with Crippen molar-refractivity contribution >= 4 is 23.8 Å². The largest absolute Gasteiger partial charge is 0.256 e. The summed E-state index contributed by atoms with van der Waals surface area (Å²) in [4.78, 5) is 9.53. The van der Waals surface area contributed by atoms with Crippen molar-refractivity contribution in [1.82, 2.24) is 19.6 Å². The zero-order valence-corrected chi connectivity index (χ0v) is 25.7. The standard InChI is InChI=1S/C40H32N6/c1-29-13-21-35(22-14-29)41-25-33-27-45(37-9-5-3-6-10-37)43-39(33)31-17-19-32(20-18-31)40-34(26-42-36-23-15-30(2)16-24-36)28-46(44-40)38-11-7-4-8-12-38/h3-28H,1-2H3. The van der Waals surface area contributed by atoms with E-state index in [0.717, 1.165) is 56.4 Å². The lowest BCUT2D eigenvalue weighted by Crippen LogP contribution is -1.94. The van der Waals surface area contributed by atoms with Gasteiger partial charge in [-0.1, -0.05) is 96.1 Å². The molecule has 0 spiro atoms. The summed E-state index contributed by atoms with van der Waals surface area (Å²) in [5, 5.41) is 9.99. The number of benzene rings is 5. The van der Waals surface area contributed by atoms with Gasteiger partial charge < -0.3 is 0 Å². The van der Waals surface area contributed by atoms with Gasteiger partial charge in [-0.2, -0.15) is 10.2 Å². The van der Waals surface area contributed by atoms with Crippen LogP contribution in [0.15, 0.2) is 156 Å². The second-order valence-electron chi connectivity index (χ2n) is 11.2. The van der Waals surface area contributed by atoms with Gasteiger partial charge in [0.05, 0.1) is 22.7 Å². The minimum Gasteiger partial charge on any atom is -0.256 e. The first-order valence-electron chi connectivity index (χ1n) is 15.2. The fourth-order valence-electron chi connectivity index (χ4n) is 5.17. The van der Waals surface area contributed by atoms with Crippen LogP contribution in [0.2, 0.25) is 0 Å². The fraction of sp³-hybridized carbons (Fsp3) is 0.0500. The molecule has 0 fully saturated rings. The van der Waals surface area contributed by atoms with E-state index < -0.39 is 0 Å². The molecule has 0 aliphatic carbocycles. The number of aromatic nitrogens is 4. The molecule has 0 saturated carbocycles. The third-order valence-electron chi connectivity index (χ3n) is 7.73. The summed E-state index contributed by atoms with van der Waals surface area (Å²) in [5.74, 6) is 0. The Hall–Kier alpha value is -6.14. The third kappa shape index (κ3) is 6.37. The Morgan fingerprint density at radius 2 is 0.826 bits per heavy atom. The lowest BCUT2D eigenvalue weighted by molar-refractivity contribution is 0.883. The number of hydrogen-bond acceptors (Lipinski definition) is 4. The van der Waals surface area contributed by atoms with Crippen molar-refractivity contribution in [1.29, 1.82) is 0 Å². The molecule has 0 N–H and O–H groups in total. The van der Waals surface area contributed by atoms with Crippen LogP contribution in [0.5, 0.6) is 0 Å². The van der Waals surface area contributed by atoms with Crippen LogP contribution in [-0.4, -0.2) is 32.0 Å². The SMILES string of the molecule is Cc1ccc(N=Cc2cn(-c3ccccc3)nc2-c2ccc(-c3nn(-c4ccccc4)cc3C=Nc3ccc(C)cc3)cc2)cc1. The monoisotopic (exact) mass is 596 g/mol. The highest BCUT2D eigenvalue weighted by molar-refractivity contribution is 5.92. The Labute approximate surface area is 268 Å². The normalized spacial score (nSPS) is 11.5. The molecule has 7 rings (SSSR count). The number of rotatable bonds is 8. The molecule has 0 atom stereocenters. The topological polar surface area (TPSA) is 60.4 Å². The lowest BCUT2D eigenvalue weighted by Gasteiger charge is -2.04. The Morgan fingerprint density at radius 3 is 1.20 bits per heavy atom. The van der Waals surface area contributed by atoms with E-state index in [0.29, 0.717) is 0 Å². The minimum absolute atomic E-state index is 0.849. The van der Waals surface area contributed by atoms with Crippen LogP contribution < -0.4 is 0 Å². The number of nitrogens with zero attached hydrogens (tertiary/aromatic N) is 6. The van der Waals surface area contributed by atoms with Crippen LogP contribution in [0, 0.1) is 13.8 Å². The van der Waals surface area contributed by atoms with Crippen molar-refractivity contribution in [2.75, 3.05) is 0 Å². The summed E-state index contributed by atoms with van der Waals surface area (Å²) in [6, 6.07) is 45.0. The maximum Gasteiger partial charge on any atom is 0.101 e. The lowest BCUT2D eigenvalue weighted by atomic mass is 10.0. The second kappa shape index (κ2) is 12.8. The molecule has 0 saturated heterocycles. The Balaban J connectivity index is 1.26. The van der Waals surface area contributed by atoms with Crippen molar-refractivity contribution in [2.45, 2.75) is 13.8 Å². The summed E-state index contributed by atoms with van der Waals surface area (Å²) in [7, 11) is 0. The first-order chi connectivity index (χ1) is 22.6. The number of aryl methyl sites for hydroxylation is 2. The molecule has 46 heavy (non-hydrogen) atoms.